The maximum atomic E-state index is 11.6. The van der Waals surface area contributed by atoms with Crippen LogP contribution in [0.1, 0.15) is 5.76 Å². The number of hydrogen-bond acceptors (Lipinski definition) is 2. The molecule has 0 fully saturated rings. The molecule has 0 aliphatic rings. The molecule has 0 atom stereocenters. The maximum absolute atomic E-state index is 11.6. The molecule has 72 valence electrons. The molecule has 0 N–H and O–H groups in total. The van der Waals surface area contributed by atoms with Crippen molar-refractivity contribution in [1.29, 1.82) is 0 Å². The first-order valence-corrected chi connectivity index (χ1v) is 6.13. The van der Waals surface area contributed by atoms with Gasteiger partial charge in [0.05, 0.1) is 8.96 Å². The average Bonchev–Trinajstić information content (AvgIpc) is 2.07. The lowest BCUT2D eigenvalue weighted by atomic mass is 10.2. The second-order valence-electron chi connectivity index (χ2n) is 2.99. The minimum absolute atomic E-state index is 0.0279. The van der Waals surface area contributed by atoms with Crippen molar-refractivity contribution in [2.45, 2.75) is 6.92 Å². The number of rotatable bonds is 0. The van der Waals surface area contributed by atoms with E-state index in [-0.39, 0.29) is 5.43 Å². The number of halogens is 2. The Morgan fingerprint density at radius 3 is 2.64 bits per heavy atom. The fourth-order valence-corrected chi connectivity index (χ4v) is 3.25. The number of hydrogen-bond donors (Lipinski definition) is 0. The van der Waals surface area contributed by atoms with Crippen molar-refractivity contribution < 1.29 is 4.42 Å². The first-order valence-electron chi connectivity index (χ1n) is 3.97. The summed E-state index contributed by atoms with van der Waals surface area (Å²) >= 11 is 4.37. The van der Waals surface area contributed by atoms with Crippen molar-refractivity contribution in [3.8, 4) is 0 Å². The van der Waals surface area contributed by atoms with E-state index >= 15 is 0 Å². The van der Waals surface area contributed by atoms with E-state index in [1.807, 2.05) is 12.1 Å². The predicted octanol–water partition coefficient (Wildman–Crippen LogP) is 3.31. The average molecular weight is 412 g/mol. The molecular formula is C10H6I2O2. The van der Waals surface area contributed by atoms with Gasteiger partial charge < -0.3 is 4.42 Å². The molecule has 14 heavy (non-hydrogen) atoms. The molecule has 0 aliphatic carbocycles. The summed E-state index contributed by atoms with van der Waals surface area (Å²) in [6.07, 6.45) is 0. The minimum Gasteiger partial charge on any atom is -0.460 e. The molecule has 4 heteroatoms. The Bertz CT molecular complexity index is 558. The molecule has 1 heterocycles. The van der Waals surface area contributed by atoms with E-state index < -0.39 is 0 Å². The Labute approximate surface area is 108 Å². The Morgan fingerprint density at radius 1 is 1.21 bits per heavy atom. The summed E-state index contributed by atoms with van der Waals surface area (Å²) in [5.41, 5.74) is 0.719. The van der Waals surface area contributed by atoms with Crippen LogP contribution in [0.25, 0.3) is 11.0 Å². The lowest BCUT2D eigenvalue weighted by Crippen LogP contribution is -2.01. The number of benzene rings is 1. The molecular weight excluding hydrogens is 406 g/mol. The molecule has 0 amide bonds. The molecule has 1 aromatic heterocycles. The Morgan fingerprint density at radius 2 is 1.93 bits per heavy atom. The van der Waals surface area contributed by atoms with Crippen LogP contribution < -0.4 is 5.43 Å². The maximum Gasteiger partial charge on any atom is 0.193 e. The summed E-state index contributed by atoms with van der Waals surface area (Å²) in [5, 5.41) is 0.659. The highest BCUT2D eigenvalue weighted by Crippen LogP contribution is 2.22. The van der Waals surface area contributed by atoms with Crippen LogP contribution in [0.15, 0.2) is 27.4 Å². The van der Waals surface area contributed by atoms with Gasteiger partial charge in [-0.15, -0.1) is 0 Å². The van der Waals surface area contributed by atoms with Gasteiger partial charge >= 0.3 is 0 Å². The van der Waals surface area contributed by atoms with Gasteiger partial charge in [0.1, 0.15) is 5.76 Å². The SMILES string of the molecule is Cc1cc(=O)c2cc(I)cc(I)c2o1. The molecule has 0 aliphatic heterocycles. The van der Waals surface area contributed by atoms with Crippen molar-refractivity contribution >= 4 is 56.2 Å². The van der Waals surface area contributed by atoms with Gasteiger partial charge in [-0.1, -0.05) is 0 Å². The third-order valence-electron chi connectivity index (χ3n) is 1.87. The van der Waals surface area contributed by atoms with Crippen LogP contribution in [-0.4, -0.2) is 0 Å². The normalized spacial score (nSPS) is 10.8. The molecule has 0 spiro atoms. The zero-order chi connectivity index (χ0) is 10.3. The highest BCUT2D eigenvalue weighted by molar-refractivity contribution is 14.1. The smallest absolute Gasteiger partial charge is 0.193 e. The van der Waals surface area contributed by atoms with Crippen LogP contribution >= 0.6 is 45.2 Å². The lowest BCUT2D eigenvalue weighted by Gasteiger charge is -2.01. The second-order valence-corrected chi connectivity index (χ2v) is 5.39. The zero-order valence-corrected chi connectivity index (χ0v) is 11.6. The lowest BCUT2D eigenvalue weighted by molar-refractivity contribution is 0.563. The largest absolute Gasteiger partial charge is 0.460 e. The zero-order valence-electron chi connectivity index (χ0n) is 7.30. The number of aryl methyl sites for hydroxylation is 1. The molecule has 2 nitrogen and oxygen atoms in total. The minimum atomic E-state index is 0.0279. The summed E-state index contributed by atoms with van der Waals surface area (Å²) in [4.78, 5) is 11.6. The van der Waals surface area contributed by atoms with Crippen molar-refractivity contribution in [2.24, 2.45) is 0 Å². The van der Waals surface area contributed by atoms with Gasteiger partial charge in [0.15, 0.2) is 11.0 Å². The Balaban J connectivity index is 3.02. The van der Waals surface area contributed by atoms with Crippen LogP contribution in [0, 0.1) is 14.1 Å². The van der Waals surface area contributed by atoms with Crippen LogP contribution in [-0.2, 0) is 0 Å². The first kappa shape index (κ1) is 10.4. The molecule has 0 bridgehead atoms. The summed E-state index contributed by atoms with van der Waals surface area (Å²) < 4.78 is 7.55. The van der Waals surface area contributed by atoms with E-state index in [9.17, 15) is 4.79 Å². The van der Waals surface area contributed by atoms with E-state index in [4.69, 9.17) is 4.42 Å². The highest BCUT2D eigenvalue weighted by Gasteiger charge is 2.06. The van der Waals surface area contributed by atoms with E-state index in [0.717, 1.165) is 7.14 Å². The fourth-order valence-electron chi connectivity index (χ4n) is 1.30. The second kappa shape index (κ2) is 3.80. The standard InChI is InChI=1S/C10H6I2O2/c1-5-2-9(13)7-3-6(11)4-8(12)10(7)14-5/h2-4H,1H3. The Hall–Kier alpha value is -0.110. The fraction of sp³-hybridized carbons (Fsp3) is 0.100. The topological polar surface area (TPSA) is 30.2 Å². The van der Waals surface area contributed by atoms with Crippen LogP contribution in [0.3, 0.4) is 0 Å². The van der Waals surface area contributed by atoms with Gasteiger partial charge in [0.2, 0.25) is 0 Å². The summed E-state index contributed by atoms with van der Waals surface area (Å²) in [5.74, 6) is 0.654. The van der Waals surface area contributed by atoms with Crippen molar-refractivity contribution in [3.05, 3.63) is 41.3 Å². The predicted molar refractivity (Wildman–Crippen MR) is 72.7 cm³/mol. The van der Waals surface area contributed by atoms with Crippen molar-refractivity contribution in [2.75, 3.05) is 0 Å². The molecule has 2 aromatic rings. The molecule has 0 saturated carbocycles. The summed E-state index contributed by atoms with van der Waals surface area (Å²) in [6, 6.07) is 5.36. The molecule has 0 saturated heterocycles. The quantitative estimate of drug-likeness (QED) is 0.622. The van der Waals surface area contributed by atoms with E-state index in [1.54, 1.807) is 6.92 Å². The molecule has 1 aromatic carbocycles. The van der Waals surface area contributed by atoms with E-state index in [0.29, 0.717) is 16.7 Å². The molecule has 2 rings (SSSR count). The molecule has 0 unspecified atom stereocenters. The summed E-state index contributed by atoms with van der Waals surface area (Å²) in [7, 11) is 0. The van der Waals surface area contributed by atoms with Gasteiger partial charge in [-0.25, -0.2) is 0 Å². The van der Waals surface area contributed by atoms with Crippen molar-refractivity contribution in [3.63, 3.8) is 0 Å². The van der Waals surface area contributed by atoms with Crippen LogP contribution in [0.4, 0.5) is 0 Å². The Kier molecular flexibility index (Phi) is 2.83. The van der Waals surface area contributed by atoms with Crippen LogP contribution in [0.5, 0.6) is 0 Å². The third kappa shape index (κ3) is 1.81. The van der Waals surface area contributed by atoms with Gasteiger partial charge in [0.25, 0.3) is 0 Å². The third-order valence-corrected chi connectivity index (χ3v) is 3.30. The highest BCUT2D eigenvalue weighted by atomic mass is 127. The monoisotopic (exact) mass is 412 g/mol. The van der Waals surface area contributed by atoms with E-state index in [2.05, 4.69) is 45.2 Å². The molecule has 0 radical (unpaired) electrons. The van der Waals surface area contributed by atoms with Crippen LogP contribution in [0.2, 0.25) is 0 Å². The van der Waals surface area contributed by atoms with Gasteiger partial charge in [-0.05, 0) is 64.2 Å². The van der Waals surface area contributed by atoms with E-state index in [1.165, 1.54) is 6.07 Å². The first-order chi connectivity index (χ1) is 6.58. The van der Waals surface area contributed by atoms with Gasteiger partial charge in [-0.3, -0.25) is 4.79 Å². The van der Waals surface area contributed by atoms with Gasteiger partial charge in [0, 0.05) is 9.64 Å². The number of fused-ring (bicyclic) bond motifs is 1. The van der Waals surface area contributed by atoms with Gasteiger partial charge in [-0.2, -0.15) is 0 Å². The van der Waals surface area contributed by atoms with Crippen molar-refractivity contribution in [1.82, 2.24) is 0 Å². The summed E-state index contributed by atoms with van der Waals surface area (Å²) in [6.45, 7) is 1.79.